The maximum Gasteiger partial charge on any atom is 0.328 e. The van der Waals surface area contributed by atoms with Gasteiger partial charge in [-0.25, -0.2) is 9.78 Å². The first-order chi connectivity index (χ1) is 19.4. The number of amides is 1. The van der Waals surface area contributed by atoms with Gasteiger partial charge in [-0.05, 0) is 65.1 Å². The van der Waals surface area contributed by atoms with Crippen LogP contribution in [0.4, 0.5) is 0 Å². The number of benzene rings is 3. The topological polar surface area (TPSA) is 81.9 Å². The predicted molar refractivity (Wildman–Crippen MR) is 155 cm³/mol. The van der Waals surface area contributed by atoms with Crippen molar-refractivity contribution in [2.75, 3.05) is 7.11 Å². The highest BCUT2D eigenvalue weighted by molar-refractivity contribution is 6.30. The number of nitrogens with one attached hydrogen (secondary N) is 1. The predicted octanol–water partition coefficient (Wildman–Crippen LogP) is 6.06. The summed E-state index contributed by atoms with van der Waals surface area (Å²) in [6, 6.07) is 26.0. The van der Waals surface area contributed by atoms with Gasteiger partial charge in [0.05, 0.1) is 7.11 Å². The van der Waals surface area contributed by atoms with Gasteiger partial charge in [0.25, 0.3) is 5.91 Å². The molecule has 0 aliphatic rings. The van der Waals surface area contributed by atoms with Crippen molar-refractivity contribution in [3.05, 3.63) is 125 Å². The third-order valence-electron chi connectivity index (χ3n) is 6.55. The Morgan fingerprint density at radius 1 is 0.925 bits per heavy atom. The van der Waals surface area contributed by atoms with E-state index in [0.717, 1.165) is 27.8 Å². The summed E-state index contributed by atoms with van der Waals surface area (Å²) >= 11 is 6.03. The second kappa shape index (κ2) is 12.1. The SMILES string of the molecule is COC(=O)C(Cc1ccc(OCc2ccccc2)cc1)NC(=O)c1cn2cc(-c3ccc(Cl)cc3)cc(C)c2n1. The molecule has 0 aliphatic heterocycles. The quantitative estimate of drug-likeness (QED) is 0.224. The van der Waals surface area contributed by atoms with Crippen LogP contribution >= 0.6 is 11.6 Å². The number of nitrogens with zero attached hydrogens (tertiary/aromatic N) is 2. The molecule has 0 bridgehead atoms. The van der Waals surface area contributed by atoms with Crippen molar-refractivity contribution in [1.29, 1.82) is 0 Å². The Morgan fingerprint density at radius 2 is 1.65 bits per heavy atom. The number of methoxy groups -OCH3 is 1. The third kappa shape index (κ3) is 6.33. The van der Waals surface area contributed by atoms with E-state index in [-0.39, 0.29) is 12.1 Å². The lowest BCUT2D eigenvalue weighted by atomic mass is 10.1. The van der Waals surface area contributed by atoms with Gasteiger partial charge in [0, 0.05) is 23.8 Å². The molecule has 0 saturated carbocycles. The van der Waals surface area contributed by atoms with Gasteiger partial charge in [0.1, 0.15) is 29.7 Å². The van der Waals surface area contributed by atoms with E-state index >= 15 is 0 Å². The Morgan fingerprint density at radius 3 is 2.35 bits per heavy atom. The first-order valence-electron chi connectivity index (χ1n) is 12.8. The number of carbonyl (C=O) groups excluding carboxylic acids is 2. The van der Waals surface area contributed by atoms with Crippen LogP contribution in [0, 0.1) is 6.92 Å². The second-order valence-electron chi connectivity index (χ2n) is 9.45. The summed E-state index contributed by atoms with van der Waals surface area (Å²) in [6.07, 6.45) is 3.82. The number of rotatable bonds is 9. The smallest absolute Gasteiger partial charge is 0.328 e. The maximum absolute atomic E-state index is 13.2. The molecule has 3 aromatic carbocycles. The Labute approximate surface area is 237 Å². The van der Waals surface area contributed by atoms with Crippen molar-refractivity contribution in [1.82, 2.24) is 14.7 Å². The van der Waals surface area contributed by atoms with Crippen molar-refractivity contribution in [3.63, 3.8) is 0 Å². The number of hydrogen-bond donors (Lipinski definition) is 1. The monoisotopic (exact) mass is 553 g/mol. The van der Waals surface area contributed by atoms with Crippen LogP contribution in [0.5, 0.6) is 5.75 Å². The van der Waals surface area contributed by atoms with Crippen LogP contribution in [0.1, 0.15) is 27.2 Å². The standard InChI is InChI=1S/C32H28ClN3O4/c1-21-16-25(24-10-12-26(33)13-11-24)18-36-19-29(34-30(21)36)31(37)35-28(32(38)39-2)17-22-8-14-27(15-9-22)40-20-23-6-4-3-5-7-23/h3-16,18-19,28H,17,20H2,1-2H3,(H,35,37). The van der Waals surface area contributed by atoms with Crippen LogP contribution in [0.3, 0.4) is 0 Å². The highest BCUT2D eigenvalue weighted by Gasteiger charge is 2.24. The molecule has 2 aromatic heterocycles. The first-order valence-corrected chi connectivity index (χ1v) is 13.2. The lowest BCUT2D eigenvalue weighted by molar-refractivity contribution is -0.142. The second-order valence-corrected chi connectivity index (χ2v) is 9.88. The van der Waals surface area contributed by atoms with Gasteiger partial charge >= 0.3 is 5.97 Å². The van der Waals surface area contributed by atoms with Crippen LogP contribution in [0.2, 0.25) is 5.02 Å². The number of fused-ring (bicyclic) bond motifs is 1. The Hall–Kier alpha value is -4.62. The van der Waals surface area contributed by atoms with Gasteiger partial charge in [-0.1, -0.05) is 66.2 Å². The van der Waals surface area contributed by atoms with E-state index in [4.69, 9.17) is 21.1 Å². The Bertz CT molecular complexity index is 1630. The molecule has 0 aliphatic carbocycles. The number of esters is 1. The highest BCUT2D eigenvalue weighted by Crippen LogP contribution is 2.24. The van der Waals surface area contributed by atoms with Crippen LogP contribution in [0.25, 0.3) is 16.8 Å². The van der Waals surface area contributed by atoms with E-state index in [9.17, 15) is 9.59 Å². The average molecular weight is 554 g/mol. The molecule has 202 valence electrons. The van der Waals surface area contributed by atoms with E-state index in [2.05, 4.69) is 10.3 Å². The van der Waals surface area contributed by atoms with Crippen molar-refractivity contribution < 1.29 is 19.1 Å². The minimum absolute atomic E-state index is 0.204. The minimum atomic E-state index is -0.885. The number of carbonyl (C=O) groups is 2. The number of aryl methyl sites for hydroxylation is 1. The summed E-state index contributed by atoms with van der Waals surface area (Å²) in [4.78, 5) is 30.3. The molecule has 5 rings (SSSR count). The van der Waals surface area contributed by atoms with E-state index < -0.39 is 17.9 Å². The molecule has 0 spiro atoms. The Balaban J connectivity index is 1.29. The lowest BCUT2D eigenvalue weighted by Crippen LogP contribution is -2.43. The summed E-state index contributed by atoms with van der Waals surface area (Å²) in [6.45, 7) is 2.40. The van der Waals surface area contributed by atoms with E-state index in [0.29, 0.717) is 23.0 Å². The number of imidazole rings is 1. The fourth-order valence-corrected chi connectivity index (χ4v) is 4.57. The molecule has 40 heavy (non-hydrogen) atoms. The molecule has 0 fully saturated rings. The molecule has 8 heteroatoms. The number of ether oxygens (including phenoxy) is 2. The van der Waals surface area contributed by atoms with Gasteiger partial charge in [-0.2, -0.15) is 0 Å². The maximum atomic E-state index is 13.2. The zero-order valence-electron chi connectivity index (χ0n) is 22.1. The van der Waals surface area contributed by atoms with Crippen molar-refractivity contribution in [2.45, 2.75) is 26.0 Å². The zero-order chi connectivity index (χ0) is 28.1. The fraction of sp³-hybridized carbons (Fsp3) is 0.156. The van der Waals surface area contributed by atoms with Crippen LogP contribution in [0.15, 0.2) is 97.3 Å². The molecular weight excluding hydrogens is 526 g/mol. The number of aromatic nitrogens is 2. The van der Waals surface area contributed by atoms with E-state index in [1.807, 2.05) is 102 Å². The molecule has 0 radical (unpaired) electrons. The highest BCUT2D eigenvalue weighted by atomic mass is 35.5. The molecule has 1 unspecified atom stereocenters. The van der Waals surface area contributed by atoms with Gasteiger partial charge in [0.2, 0.25) is 0 Å². The number of hydrogen-bond acceptors (Lipinski definition) is 5. The lowest BCUT2D eigenvalue weighted by Gasteiger charge is -2.16. The summed E-state index contributed by atoms with van der Waals surface area (Å²) in [7, 11) is 1.30. The molecule has 2 heterocycles. The van der Waals surface area contributed by atoms with E-state index in [1.54, 1.807) is 6.20 Å². The first kappa shape index (κ1) is 27.0. The third-order valence-corrected chi connectivity index (χ3v) is 6.80. The largest absolute Gasteiger partial charge is 0.489 e. The van der Waals surface area contributed by atoms with Gasteiger partial charge in [-0.15, -0.1) is 0 Å². The van der Waals surface area contributed by atoms with Crippen LogP contribution in [-0.2, 0) is 22.6 Å². The molecule has 7 nitrogen and oxygen atoms in total. The summed E-state index contributed by atoms with van der Waals surface area (Å²) < 4.78 is 12.6. The average Bonchev–Trinajstić information content (AvgIpc) is 3.42. The van der Waals surface area contributed by atoms with Crippen molar-refractivity contribution >= 4 is 29.1 Å². The summed E-state index contributed by atoms with van der Waals surface area (Å²) in [5.41, 5.74) is 5.65. The van der Waals surface area contributed by atoms with Gasteiger partial charge in [0.15, 0.2) is 0 Å². The summed E-state index contributed by atoms with van der Waals surface area (Å²) in [5.74, 6) is -0.290. The minimum Gasteiger partial charge on any atom is -0.489 e. The molecule has 1 atom stereocenters. The zero-order valence-corrected chi connectivity index (χ0v) is 22.9. The van der Waals surface area contributed by atoms with Crippen LogP contribution in [-0.4, -0.2) is 34.4 Å². The van der Waals surface area contributed by atoms with Crippen molar-refractivity contribution in [2.24, 2.45) is 0 Å². The molecule has 0 saturated heterocycles. The molecule has 5 aromatic rings. The van der Waals surface area contributed by atoms with Gasteiger partial charge < -0.3 is 19.2 Å². The summed E-state index contributed by atoms with van der Waals surface area (Å²) in [5, 5.41) is 3.45. The van der Waals surface area contributed by atoms with E-state index in [1.165, 1.54) is 7.11 Å². The van der Waals surface area contributed by atoms with Crippen LogP contribution < -0.4 is 10.1 Å². The molecule has 1 N–H and O–H groups in total. The number of pyridine rings is 1. The molecular formula is C32H28ClN3O4. The normalized spacial score (nSPS) is 11.7. The Kier molecular flexibility index (Phi) is 8.12. The van der Waals surface area contributed by atoms with Crippen molar-refractivity contribution in [3.8, 4) is 16.9 Å². The molecule has 1 amide bonds. The van der Waals surface area contributed by atoms with Gasteiger partial charge in [-0.3, -0.25) is 4.79 Å². The number of halogens is 1. The fourth-order valence-electron chi connectivity index (χ4n) is 4.44.